The van der Waals surface area contributed by atoms with Crippen molar-refractivity contribution in [1.29, 1.82) is 0 Å². The molecule has 0 aliphatic rings. The Labute approximate surface area is 96.0 Å². The third-order valence-electron chi connectivity index (χ3n) is 2.34. The highest BCUT2D eigenvalue weighted by molar-refractivity contribution is 6.30. The lowest BCUT2D eigenvalue weighted by Crippen LogP contribution is -2.22. The highest BCUT2D eigenvalue weighted by Gasteiger charge is 2.12. The molecule has 1 unspecified atom stereocenters. The van der Waals surface area contributed by atoms with Crippen molar-refractivity contribution < 1.29 is 0 Å². The van der Waals surface area contributed by atoms with E-state index in [-0.39, 0.29) is 6.04 Å². The van der Waals surface area contributed by atoms with E-state index in [0.29, 0.717) is 10.8 Å². The molecule has 84 valence electrons. The number of rotatable bonds is 5. The Morgan fingerprint density at radius 3 is 2.87 bits per heavy atom. The summed E-state index contributed by atoms with van der Waals surface area (Å²) in [6, 6.07) is 2.14. The smallest absolute Gasteiger partial charge is 0.128 e. The van der Waals surface area contributed by atoms with Crippen LogP contribution in [-0.2, 0) is 0 Å². The summed E-state index contributed by atoms with van der Waals surface area (Å²) >= 11 is 5.91. The third-order valence-corrected chi connectivity index (χ3v) is 2.55. The van der Waals surface area contributed by atoms with Gasteiger partial charge in [0.05, 0.1) is 5.02 Å². The quantitative estimate of drug-likeness (QED) is 0.814. The maximum Gasteiger partial charge on any atom is 0.128 e. The average Bonchev–Trinajstić information content (AvgIpc) is 2.24. The van der Waals surface area contributed by atoms with Crippen molar-refractivity contribution in [2.75, 3.05) is 12.3 Å². The lowest BCUT2D eigenvalue weighted by molar-refractivity contribution is 0.518. The van der Waals surface area contributed by atoms with Crippen LogP contribution in [-0.4, -0.2) is 11.5 Å². The predicted octanol–water partition coefficient (Wildman–Crippen LogP) is 2.77. The van der Waals surface area contributed by atoms with E-state index in [9.17, 15) is 0 Å². The maximum absolute atomic E-state index is 5.91. The minimum Gasteiger partial charge on any atom is -0.383 e. The van der Waals surface area contributed by atoms with Crippen LogP contribution < -0.4 is 11.1 Å². The van der Waals surface area contributed by atoms with Gasteiger partial charge in [-0.3, -0.25) is 0 Å². The van der Waals surface area contributed by atoms with Gasteiger partial charge in [-0.05, 0) is 25.5 Å². The molecule has 0 spiro atoms. The number of aromatic nitrogens is 1. The summed E-state index contributed by atoms with van der Waals surface area (Å²) in [5, 5.41) is 4.06. The number of nitrogens with zero attached hydrogens (tertiary/aromatic N) is 1. The van der Waals surface area contributed by atoms with Crippen LogP contribution in [0.15, 0.2) is 12.3 Å². The molecule has 0 bridgehead atoms. The molecule has 1 rings (SSSR count). The fourth-order valence-corrected chi connectivity index (χ4v) is 1.70. The average molecular weight is 228 g/mol. The molecule has 4 heteroatoms. The molecule has 0 saturated heterocycles. The van der Waals surface area contributed by atoms with Crippen LogP contribution in [0.4, 0.5) is 5.82 Å². The SMILES string of the molecule is CCCNC(CC)c1cc(Cl)cnc1N. The number of nitrogen functional groups attached to an aromatic ring is 1. The van der Waals surface area contributed by atoms with E-state index in [1.54, 1.807) is 6.20 Å². The van der Waals surface area contributed by atoms with E-state index in [0.717, 1.165) is 24.9 Å². The van der Waals surface area contributed by atoms with Crippen molar-refractivity contribution in [2.24, 2.45) is 0 Å². The van der Waals surface area contributed by atoms with Crippen LogP contribution in [0.2, 0.25) is 5.02 Å². The number of nitrogens with two attached hydrogens (primary N) is 1. The number of hydrogen-bond acceptors (Lipinski definition) is 3. The van der Waals surface area contributed by atoms with Crippen molar-refractivity contribution in [3.63, 3.8) is 0 Å². The Balaban J connectivity index is 2.85. The summed E-state index contributed by atoms with van der Waals surface area (Å²) in [6.07, 6.45) is 3.66. The van der Waals surface area contributed by atoms with Gasteiger partial charge >= 0.3 is 0 Å². The first-order valence-corrected chi connectivity index (χ1v) is 5.71. The van der Waals surface area contributed by atoms with Crippen LogP contribution >= 0.6 is 11.6 Å². The molecule has 0 aliphatic heterocycles. The Morgan fingerprint density at radius 1 is 1.53 bits per heavy atom. The monoisotopic (exact) mass is 227 g/mol. The van der Waals surface area contributed by atoms with E-state index < -0.39 is 0 Å². The third kappa shape index (κ3) is 3.36. The molecular formula is C11H18ClN3. The van der Waals surface area contributed by atoms with Crippen molar-refractivity contribution in [2.45, 2.75) is 32.7 Å². The van der Waals surface area contributed by atoms with Crippen LogP contribution in [0.5, 0.6) is 0 Å². The van der Waals surface area contributed by atoms with E-state index >= 15 is 0 Å². The Hall–Kier alpha value is -0.800. The summed E-state index contributed by atoms with van der Waals surface area (Å²) in [5.74, 6) is 0.565. The topological polar surface area (TPSA) is 50.9 Å². The maximum atomic E-state index is 5.91. The molecule has 1 aromatic rings. The fraction of sp³-hybridized carbons (Fsp3) is 0.545. The molecule has 1 atom stereocenters. The summed E-state index contributed by atoms with van der Waals surface area (Å²) in [6.45, 7) is 5.23. The van der Waals surface area contributed by atoms with E-state index in [4.69, 9.17) is 17.3 Å². The zero-order valence-electron chi connectivity index (χ0n) is 9.26. The van der Waals surface area contributed by atoms with Gasteiger partial charge in [0.15, 0.2) is 0 Å². The van der Waals surface area contributed by atoms with Gasteiger partial charge in [0.1, 0.15) is 5.82 Å². The van der Waals surface area contributed by atoms with E-state index in [1.165, 1.54) is 0 Å². The second kappa shape index (κ2) is 5.93. The number of anilines is 1. The normalized spacial score (nSPS) is 12.7. The number of halogens is 1. The van der Waals surface area contributed by atoms with Gasteiger partial charge in [0, 0.05) is 17.8 Å². The minimum absolute atomic E-state index is 0.246. The molecular weight excluding hydrogens is 210 g/mol. The standard InChI is InChI=1S/C11H18ClN3/c1-3-5-14-10(4-2)9-6-8(12)7-15-11(9)13/h6-7,10,14H,3-5H2,1-2H3,(H2,13,15). The van der Waals surface area contributed by atoms with Crippen LogP contribution in [0, 0.1) is 0 Å². The highest BCUT2D eigenvalue weighted by atomic mass is 35.5. The van der Waals surface area contributed by atoms with Crippen molar-refractivity contribution in [1.82, 2.24) is 10.3 Å². The first-order valence-electron chi connectivity index (χ1n) is 5.33. The molecule has 3 N–H and O–H groups in total. The molecule has 0 aromatic carbocycles. The summed E-state index contributed by atoms with van der Waals surface area (Å²) in [7, 11) is 0. The molecule has 0 saturated carbocycles. The lowest BCUT2D eigenvalue weighted by Gasteiger charge is -2.18. The molecule has 1 heterocycles. The highest BCUT2D eigenvalue weighted by Crippen LogP contribution is 2.24. The fourth-order valence-electron chi connectivity index (χ4n) is 1.54. The summed E-state index contributed by atoms with van der Waals surface area (Å²) in [5.41, 5.74) is 6.83. The van der Waals surface area contributed by atoms with Crippen LogP contribution in [0.3, 0.4) is 0 Å². The van der Waals surface area contributed by atoms with Crippen molar-refractivity contribution >= 4 is 17.4 Å². The number of pyridine rings is 1. The Kier molecular flexibility index (Phi) is 4.85. The zero-order chi connectivity index (χ0) is 11.3. The van der Waals surface area contributed by atoms with Crippen LogP contribution in [0.25, 0.3) is 0 Å². The lowest BCUT2D eigenvalue weighted by atomic mass is 10.1. The minimum atomic E-state index is 0.246. The van der Waals surface area contributed by atoms with Gasteiger partial charge in [-0.25, -0.2) is 4.98 Å². The Bertz CT molecular complexity index is 315. The van der Waals surface area contributed by atoms with Crippen molar-refractivity contribution in [3.05, 3.63) is 22.8 Å². The van der Waals surface area contributed by atoms with Gasteiger partial charge in [0.25, 0.3) is 0 Å². The predicted molar refractivity (Wildman–Crippen MR) is 65.0 cm³/mol. The first-order chi connectivity index (χ1) is 7.19. The second-order valence-electron chi connectivity index (χ2n) is 3.54. The molecule has 0 aliphatic carbocycles. The molecule has 15 heavy (non-hydrogen) atoms. The molecule has 3 nitrogen and oxygen atoms in total. The van der Waals surface area contributed by atoms with Crippen molar-refractivity contribution in [3.8, 4) is 0 Å². The van der Waals surface area contributed by atoms with Gasteiger partial charge < -0.3 is 11.1 Å². The molecule has 0 radical (unpaired) electrons. The van der Waals surface area contributed by atoms with Gasteiger partial charge in [-0.1, -0.05) is 25.4 Å². The largest absolute Gasteiger partial charge is 0.383 e. The Morgan fingerprint density at radius 2 is 2.27 bits per heavy atom. The second-order valence-corrected chi connectivity index (χ2v) is 3.98. The molecule has 1 aromatic heterocycles. The van der Waals surface area contributed by atoms with E-state index in [2.05, 4.69) is 24.1 Å². The van der Waals surface area contributed by atoms with Crippen LogP contribution in [0.1, 0.15) is 38.3 Å². The van der Waals surface area contributed by atoms with Gasteiger partial charge in [-0.15, -0.1) is 0 Å². The number of hydrogen-bond donors (Lipinski definition) is 2. The van der Waals surface area contributed by atoms with Gasteiger partial charge in [-0.2, -0.15) is 0 Å². The zero-order valence-corrected chi connectivity index (χ0v) is 10.0. The molecule has 0 amide bonds. The first kappa shape index (κ1) is 12.3. The summed E-state index contributed by atoms with van der Waals surface area (Å²) < 4.78 is 0. The van der Waals surface area contributed by atoms with E-state index in [1.807, 2.05) is 6.07 Å². The summed E-state index contributed by atoms with van der Waals surface area (Å²) in [4.78, 5) is 4.06. The van der Waals surface area contributed by atoms with Gasteiger partial charge in [0.2, 0.25) is 0 Å². The number of nitrogens with one attached hydrogen (secondary N) is 1. The molecule has 0 fully saturated rings.